The first-order chi connectivity index (χ1) is 16.4. The van der Waals surface area contributed by atoms with Crippen LogP contribution in [-0.2, 0) is 26.2 Å². The number of sulfonamides is 1. The highest BCUT2D eigenvalue weighted by Crippen LogP contribution is 2.20. The second kappa shape index (κ2) is 12.7. The summed E-state index contributed by atoms with van der Waals surface area (Å²) in [6, 6.07) is 12.2. The Morgan fingerprint density at radius 3 is 2.23 bits per heavy atom. The predicted molar refractivity (Wildman–Crippen MR) is 137 cm³/mol. The number of halogens is 1. The molecular formula is C26H36FN3O4S. The molecule has 2 amide bonds. The van der Waals surface area contributed by atoms with E-state index in [0.29, 0.717) is 12.2 Å². The molecular weight excluding hydrogens is 469 g/mol. The maximum Gasteiger partial charge on any atom is 0.242 e. The van der Waals surface area contributed by atoms with Gasteiger partial charge in [-0.3, -0.25) is 13.9 Å². The van der Waals surface area contributed by atoms with Gasteiger partial charge in [0.25, 0.3) is 0 Å². The number of nitrogens with one attached hydrogen (secondary N) is 1. The summed E-state index contributed by atoms with van der Waals surface area (Å²) in [6.45, 7) is 8.49. The first-order valence-electron chi connectivity index (χ1n) is 11.7. The Labute approximate surface area is 208 Å². The van der Waals surface area contributed by atoms with Crippen LogP contribution in [0.25, 0.3) is 0 Å². The SMILES string of the molecule is Cc1ccccc1CN(C(=O)CCCN(c1ccc(F)cc1)S(C)(=O)=O)[C@H](C)C(=O)NCC(C)C. The molecule has 2 aromatic rings. The van der Waals surface area contributed by atoms with Gasteiger partial charge >= 0.3 is 0 Å². The van der Waals surface area contributed by atoms with E-state index >= 15 is 0 Å². The molecule has 9 heteroatoms. The largest absolute Gasteiger partial charge is 0.354 e. The number of aryl methyl sites for hydroxylation is 1. The zero-order valence-electron chi connectivity index (χ0n) is 21.1. The fourth-order valence-corrected chi connectivity index (χ4v) is 4.58. The van der Waals surface area contributed by atoms with Gasteiger partial charge in [0, 0.05) is 26.1 Å². The van der Waals surface area contributed by atoms with Crippen molar-refractivity contribution in [3.8, 4) is 0 Å². The van der Waals surface area contributed by atoms with Crippen molar-refractivity contribution in [2.45, 2.75) is 53.1 Å². The summed E-state index contributed by atoms with van der Waals surface area (Å²) in [7, 11) is -3.63. The molecule has 0 bridgehead atoms. The van der Waals surface area contributed by atoms with Gasteiger partial charge in [-0.2, -0.15) is 0 Å². The minimum Gasteiger partial charge on any atom is -0.354 e. The van der Waals surface area contributed by atoms with E-state index in [2.05, 4.69) is 5.32 Å². The minimum atomic E-state index is -3.63. The third kappa shape index (κ3) is 8.65. The quantitative estimate of drug-likeness (QED) is 0.475. The zero-order valence-corrected chi connectivity index (χ0v) is 21.9. The Balaban J connectivity index is 2.16. The second-order valence-corrected chi connectivity index (χ2v) is 11.1. The van der Waals surface area contributed by atoms with Crippen LogP contribution in [0.2, 0.25) is 0 Å². The number of hydrogen-bond donors (Lipinski definition) is 1. The van der Waals surface area contributed by atoms with Crippen molar-refractivity contribution in [2.24, 2.45) is 5.92 Å². The van der Waals surface area contributed by atoms with Gasteiger partial charge < -0.3 is 10.2 Å². The Morgan fingerprint density at radius 2 is 1.66 bits per heavy atom. The highest BCUT2D eigenvalue weighted by molar-refractivity contribution is 7.92. The standard InChI is InChI=1S/C26H36FN3O4S/c1-19(2)17-28-26(32)21(4)29(18-22-10-7-6-9-20(22)3)25(31)11-8-16-30(35(5,33)34)24-14-12-23(27)13-15-24/h6-7,9-10,12-15,19,21H,8,11,16-18H2,1-5H3,(H,28,32)/t21-/m1/s1. The lowest BCUT2D eigenvalue weighted by Crippen LogP contribution is -2.48. The van der Waals surface area contributed by atoms with Crippen LogP contribution in [0.15, 0.2) is 48.5 Å². The number of hydrogen-bond acceptors (Lipinski definition) is 4. The number of anilines is 1. The molecule has 7 nitrogen and oxygen atoms in total. The van der Waals surface area contributed by atoms with Gasteiger partial charge in [0.15, 0.2) is 0 Å². The van der Waals surface area contributed by atoms with Crippen molar-refractivity contribution >= 4 is 27.5 Å². The van der Waals surface area contributed by atoms with E-state index in [9.17, 15) is 22.4 Å². The van der Waals surface area contributed by atoms with Crippen LogP contribution in [0.3, 0.4) is 0 Å². The number of benzene rings is 2. The molecule has 0 fully saturated rings. The van der Waals surface area contributed by atoms with Gasteiger partial charge in [-0.05, 0) is 61.6 Å². The fourth-order valence-electron chi connectivity index (χ4n) is 3.62. The predicted octanol–water partition coefficient (Wildman–Crippen LogP) is 3.87. The Bertz CT molecular complexity index is 1100. The Morgan fingerprint density at radius 1 is 1.03 bits per heavy atom. The monoisotopic (exact) mass is 505 g/mol. The summed E-state index contributed by atoms with van der Waals surface area (Å²) in [5.74, 6) is -0.660. The number of amides is 2. The van der Waals surface area contributed by atoms with Crippen molar-refractivity contribution < 1.29 is 22.4 Å². The highest BCUT2D eigenvalue weighted by Gasteiger charge is 2.27. The van der Waals surface area contributed by atoms with Crippen molar-refractivity contribution in [3.63, 3.8) is 0 Å². The maximum atomic E-state index is 13.3. The number of carbonyl (C=O) groups excluding carboxylic acids is 2. The molecule has 1 N–H and O–H groups in total. The van der Waals surface area contributed by atoms with E-state index < -0.39 is 21.9 Å². The molecule has 2 rings (SSSR count). The van der Waals surface area contributed by atoms with Crippen LogP contribution < -0.4 is 9.62 Å². The topological polar surface area (TPSA) is 86.8 Å². The summed E-state index contributed by atoms with van der Waals surface area (Å²) >= 11 is 0. The average Bonchev–Trinajstić information content (AvgIpc) is 2.79. The van der Waals surface area contributed by atoms with E-state index in [0.717, 1.165) is 21.7 Å². The lowest BCUT2D eigenvalue weighted by atomic mass is 10.1. The minimum absolute atomic E-state index is 0.0564. The van der Waals surface area contributed by atoms with Crippen molar-refractivity contribution in [3.05, 3.63) is 65.5 Å². The third-order valence-corrected chi connectivity index (χ3v) is 6.91. The molecule has 0 aliphatic rings. The van der Waals surface area contributed by atoms with Crippen LogP contribution in [0.5, 0.6) is 0 Å². The van der Waals surface area contributed by atoms with Crippen molar-refractivity contribution in [2.75, 3.05) is 23.7 Å². The van der Waals surface area contributed by atoms with E-state index in [1.807, 2.05) is 45.0 Å². The molecule has 0 aromatic heterocycles. The zero-order chi connectivity index (χ0) is 26.2. The Kier molecular flexibility index (Phi) is 10.2. The Hall–Kier alpha value is -2.94. The maximum absolute atomic E-state index is 13.3. The average molecular weight is 506 g/mol. The van der Waals surface area contributed by atoms with E-state index in [-0.39, 0.29) is 43.7 Å². The van der Waals surface area contributed by atoms with Gasteiger partial charge in [0.05, 0.1) is 11.9 Å². The normalized spacial score (nSPS) is 12.3. The molecule has 0 saturated heterocycles. The molecule has 192 valence electrons. The van der Waals surface area contributed by atoms with Gasteiger partial charge in [-0.15, -0.1) is 0 Å². The summed E-state index contributed by atoms with van der Waals surface area (Å²) in [4.78, 5) is 27.6. The molecule has 0 heterocycles. The molecule has 0 saturated carbocycles. The molecule has 0 aliphatic heterocycles. The van der Waals surface area contributed by atoms with Crippen LogP contribution >= 0.6 is 0 Å². The second-order valence-electron chi connectivity index (χ2n) is 9.18. The van der Waals surface area contributed by atoms with E-state index in [1.165, 1.54) is 24.3 Å². The molecule has 35 heavy (non-hydrogen) atoms. The van der Waals surface area contributed by atoms with Crippen LogP contribution in [0.1, 0.15) is 44.7 Å². The van der Waals surface area contributed by atoms with Gasteiger partial charge in [-0.25, -0.2) is 12.8 Å². The molecule has 2 aromatic carbocycles. The molecule has 1 atom stereocenters. The molecule has 0 aliphatic carbocycles. The highest BCUT2D eigenvalue weighted by atomic mass is 32.2. The molecule has 0 unspecified atom stereocenters. The van der Waals surface area contributed by atoms with Crippen molar-refractivity contribution in [1.82, 2.24) is 10.2 Å². The lowest BCUT2D eigenvalue weighted by molar-refractivity contribution is -0.140. The number of nitrogens with zero attached hydrogens (tertiary/aromatic N) is 2. The van der Waals surface area contributed by atoms with Crippen LogP contribution in [0.4, 0.5) is 10.1 Å². The van der Waals surface area contributed by atoms with Crippen LogP contribution in [-0.4, -0.2) is 50.5 Å². The summed E-state index contributed by atoms with van der Waals surface area (Å²) in [5.41, 5.74) is 2.28. The lowest BCUT2D eigenvalue weighted by Gasteiger charge is -2.30. The van der Waals surface area contributed by atoms with E-state index in [1.54, 1.807) is 11.8 Å². The first kappa shape index (κ1) is 28.3. The fraction of sp³-hybridized carbons (Fsp3) is 0.462. The van der Waals surface area contributed by atoms with Gasteiger partial charge in [0.2, 0.25) is 21.8 Å². The third-order valence-electron chi connectivity index (χ3n) is 5.72. The molecule has 0 radical (unpaired) electrons. The number of rotatable bonds is 12. The summed E-state index contributed by atoms with van der Waals surface area (Å²) in [6.07, 6.45) is 1.37. The smallest absolute Gasteiger partial charge is 0.242 e. The number of carbonyl (C=O) groups is 2. The summed E-state index contributed by atoms with van der Waals surface area (Å²) < 4.78 is 39.1. The van der Waals surface area contributed by atoms with Crippen LogP contribution in [0, 0.1) is 18.7 Å². The summed E-state index contributed by atoms with van der Waals surface area (Å²) in [5, 5.41) is 2.89. The van der Waals surface area contributed by atoms with E-state index in [4.69, 9.17) is 0 Å². The van der Waals surface area contributed by atoms with Gasteiger partial charge in [0.1, 0.15) is 11.9 Å². The van der Waals surface area contributed by atoms with Crippen molar-refractivity contribution in [1.29, 1.82) is 0 Å². The first-order valence-corrected chi connectivity index (χ1v) is 13.6. The van der Waals surface area contributed by atoms with Gasteiger partial charge in [-0.1, -0.05) is 38.1 Å². The molecule has 0 spiro atoms.